The average Bonchev–Trinajstić information content (AvgIpc) is 3.80. The van der Waals surface area contributed by atoms with Crippen LogP contribution in [0.1, 0.15) is 119 Å². The number of likely N-dealkylation sites (tertiary alicyclic amines) is 1. The largest absolute Gasteiger partial charge is 0.462 e. The molecule has 6 heterocycles. The molecule has 2 aliphatic carbocycles. The van der Waals surface area contributed by atoms with Crippen LogP contribution in [0, 0.1) is 17.8 Å². The van der Waals surface area contributed by atoms with Crippen LogP contribution in [0.2, 0.25) is 0 Å². The molecular weight excluding hydrogens is 889 g/mol. The summed E-state index contributed by atoms with van der Waals surface area (Å²) in [6.07, 6.45) is 17.7. The minimum atomic E-state index is -0.450. The molecule has 1 aromatic carbocycles. The maximum Gasteiger partial charge on any atom is 0.343 e. The monoisotopic (exact) mass is 963 g/mol. The number of benzene rings is 1. The topological polar surface area (TPSA) is 190 Å². The SMILES string of the molecule is CCOC(=O)c1cnc(Nc2cnn(C)c2)nc1NC1CCC(N2CCN(C(=O)C3CCC(C(=O)N4CCC(CCCN5CCN(c6ccc(C7CCC(=O)NC7=O)cc6)CC5)CC4)CC3)CC2)CC1. The third-order valence-electron chi connectivity index (χ3n) is 16.1. The molecule has 2 aromatic heterocycles. The lowest BCUT2D eigenvalue weighted by Gasteiger charge is -2.43. The number of carbonyl (C=O) groups excluding carboxylic acids is 5. The van der Waals surface area contributed by atoms with E-state index in [4.69, 9.17) is 4.74 Å². The second-order valence-corrected chi connectivity index (χ2v) is 20.6. The van der Waals surface area contributed by atoms with Crippen LogP contribution in [0.15, 0.2) is 42.9 Å². The quantitative estimate of drug-likeness (QED) is 0.134. The highest BCUT2D eigenvalue weighted by Gasteiger charge is 2.37. The van der Waals surface area contributed by atoms with Crippen LogP contribution in [-0.2, 0) is 31.0 Å². The van der Waals surface area contributed by atoms with Gasteiger partial charge in [-0.3, -0.25) is 39.0 Å². The molecule has 3 aromatic rings. The molecule has 18 heteroatoms. The Labute approximate surface area is 412 Å². The van der Waals surface area contributed by atoms with Crippen molar-refractivity contribution in [3.8, 4) is 0 Å². The predicted octanol–water partition coefficient (Wildman–Crippen LogP) is 5.17. The fourth-order valence-electron chi connectivity index (χ4n) is 11.9. The maximum atomic E-state index is 13.8. The molecule has 0 bridgehead atoms. The van der Waals surface area contributed by atoms with E-state index in [0.717, 1.165) is 147 Å². The average molecular weight is 963 g/mol. The van der Waals surface area contributed by atoms with E-state index in [1.807, 2.05) is 25.4 Å². The van der Waals surface area contributed by atoms with Gasteiger partial charge in [-0.25, -0.2) is 9.78 Å². The first-order valence-corrected chi connectivity index (χ1v) is 26.4. The third kappa shape index (κ3) is 12.3. The second-order valence-electron chi connectivity index (χ2n) is 20.6. The highest BCUT2D eigenvalue weighted by molar-refractivity contribution is 6.01. The van der Waals surface area contributed by atoms with Gasteiger partial charge < -0.3 is 30.1 Å². The van der Waals surface area contributed by atoms with Crippen molar-refractivity contribution < 1.29 is 28.7 Å². The molecule has 6 aliphatic rings. The van der Waals surface area contributed by atoms with Crippen LogP contribution < -0.4 is 20.9 Å². The van der Waals surface area contributed by atoms with Gasteiger partial charge in [0, 0.05) is 121 Å². The molecular formula is C52H74N12O6. The number of nitrogens with one attached hydrogen (secondary N) is 3. The van der Waals surface area contributed by atoms with E-state index in [2.05, 4.69) is 67.6 Å². The van der Waals surface area contributed by atoms with E-state index in [1.54, 1.807) is 17.8 Å². The number of hydrogen-bond acceptors (Lipinski definition) is 14. The summed E-state index contributed by atoms with van der Waals surface area (Å²) in [7, 11) is 1.84. The Bertz CT molecular complexity index is 2270. The van der Waals surface area contributed by atoms with Gasteiger partial charge in [0.15, 0.2) is 0 Å². The van der Waals surface area contributed by atoms with Gasteiger partial charge in [0.1, 0.15) is 11.4 Å². The molecule has 70 heavy (non-hydrogen) atoms. The molecule has 9 rings (SSSR count). The van der Waals surface area contributed by atoms with Gasteiger partial charge in [0.05, 0.1) is 24.4 Å². The van der Waals surface area contributed by atoms with Gasteiger partial charge in [-0.15, -0.1) is 0 Å². The van der Waals surface area contributed by atoms with Gasteiger partial charge in [0.2, 0.25) is 29.6 Å². The number of anilines is 4. The Morgan fingerprint density at radius 2 is 1.44 bits per heavy atom. The molecule has 2 saturated carbocycles. The molecule has 3 N–H and O–H groups in total. The molecule has 6 fully saturated rings. The van der Waals surface area contributed by atoms with Gasteiger partial charge in [0.25, 0.3) is 0 Å². The summed E-state index contributed by atoms with van der Waals surface area (Å²) < 4.78 is 7.00. The minimum Gasteiger partial charge on any atom is -0.462 e. The number of carbonyl (C=O) groups is 5. The van der Waals surface area contributed by atoms with E-state index in [-0.39, 0.29) is 48.1 Å². The van der Waals surface area contributed by atoms with Crippen LogP contribution in [0.5, 0.6) is 0 Å². The van der Waals surface area contributed by atoms with Gasteiger partial charge >= 0.3 is 5.97 Å². The van der Waals surface area contributed by atoms with Crippen molar-refractivity contribution in [1.82, 2.24) is 44.7 Å². The summed E-state index contributed by atoms with van der Waals surface area (Å²) in [6.45, 7) is 12.2. The Hall–Kier alpha value is -5.62. The zero-order valence-electron chi connectivity index (χ0n) is 41.4. The number of piperidine rings is 2. The van der Waals surface area contributed by atoms with Crippen molar-refractivity contribution in [3.05, 3.63) is 54.0 Å². The summed E-state index contributed by atoms with van der Waals surface area (Å²) in [4.78, 5) is 84.9. The van der Waals surface area contributed by atoms with E-state index in [9.17, 15) is 24.0 Å². The summed E-state index contributed by atoms with van der Waals surface area (Å²) >= 11 is 0. The van der Waals surface area contributed by atoms with Crippen LogP contribution >= 0.6 is 0 Å². The molecule has 4 saturated heterocycles. The second kappa shape index (κ2) is 23.1. The molecule has 0 spiro atoms. The standard InChI is InChI=1S/C52H74N12O6/c1-3-70-51(69)45-34-53-52(56-41-33-54-59(2)35-41)58-47(45)55-40-12-16-43(17-13-40)62-29-31-64(32-30-62)50(68)39-8-6-38(7-9-39)49(67)63-23-20-36(21-24-63)5-4-22-60-25-27-61(28-26-60)42-14-10-37(11-15-42)44-18-19-46(65)57-48(44)66/h10-11,14-15,33-36,38-40,43-44H,3-9,12-13,16-32H2,1-2H3,(H,57,65,66)(H2,53,55,56,58). The molecule has 1 atom stereocenters. The smallest absolute Gasteiger partial charge is 0.343 e. The Kier molecular flexibility index (Phi) is 16.3. The Balaban J connectivity index is 0.632. The number of nitrogens with zero attached hydrogens (tertiary/aromatic N) is 9. The maximum absolute atomic E-state index is 13.8. The predicted molar refractivity (Wildman–Crippen MR) is 267 cm³/mol. The highest BCUT2D eigenvalue weighted by atomic mass is 16.5. The first-order chi connectivity index (χ1) is 34.1. The van der Waals surface area contributed by atoms with Crippen molar-refractivity contribution in [3.63, 3.8) is 0 Å². The first-order valence-electron chi connectivity index (χ1n) is 26.4. The van der Waals surface area contributed by atoms with Crippen LogP contribution in [-0.4, -0.2) is 160 Å². The molecule has 4 amide bonds. The number of piperazine rings is 2. The van der Waals surface area contributed by atoms with E-state index in [1.165, 1.54) is 24.7 Å². The summed E-state index contributed by atoms with van der Waals surface area (Å²) in [6, 6.07) is 8.93. The lowest BCUT2D eigenvalue weighted by atomic mass is 9.80. The van der Waals surface area contributed by atoms with Crippen LogP contribution in [0.3, 0.4) is 0 Å². The van der Waals surface area contributed by atoms with E-state index in [0.29, 0.717) is 48.0 Å². The van der Waals surface area contributed by atoms with Crippen molar-refractivity contribution in [2.45, 2.75) is 115 Å². The minimum absolute atomic E-state index is 0.0191. The first kappa shape index (κ1) is 49.4. The number of hydrogen-bond donors (Lipinski definition) is 3. The van der Waals surface area contributed by atoms with Gasteiger partial charge in [-0.1, -0.05) is 12.1 Å². The summed E-state index contributed by atoms with van der Waals surface area (Å²) in [5, 5.41) is 13.4. The lowest BCUT2D eigenvalue weighted by Crippen LogP contribution is -2.54. The van der Waals surface area contributed by atoms with Gasteiger partial charge in [-0.2, -0.15) is 10.1 Å². The fraction of sp³-hybridized carbons (Fsp3) is 0.654. The Morgan fingerprint density at radius 1 is 0.771 bits per heavy atom. The van der Waals surface area contributed by atoms with E-state index >= 15 is 0 Å². The molecule has 18 nitrogen and oxygen atoms in total. The third-order valence-corrected chi connectivity index (χ3v) is 16.1. The zero-order chi connectivity index (χ0) is 48.6. The fourth-order valence-corrected chi connectivity index (χ4v) is 11.9. The zero-order valence-corrected chi connectivity index (χ0v) is 41.4. The van der Waals surface area contributed by atoms with Crippen molar-refractivity contribution in [2.75, 3.05) is 94.1 Å². The number of amides is 4. The summed E-state index contributed by atoms with van der Waals surface area (Å²) in [5.41, 5.74) is 3.23. The number of rotatable bonds is 15. The molecule has 0 radical (unpaired) electrons. The number of imide groups is 1. The van der Waals surface area contributed by atoms with Crippen molar-refractivity contribution in [1.29, 1.82) is 0 Å². The number of aromatic nitrogens is 4. The van der Waals surface area contributed by atoms with Gasteiger partial charge in [-0.05, 0) is 121 Å². The molecule has 4 aliphatic heterocycles. The highest BCUT2D eigenvalue weighted by Crippen LogP contribution is 2.35. The number of esters is 1. The van der Waals surface area contributed by atoms with Crippen molar-refractivity contribution in [2.24, 2.45) is 24.8 Å². The Morgan fingerprint density at radius 3 is 2.07 bits per heavy atom. The molecule has 1 unspecified atom stereocenters. The van der Waals surface area contributed by atoms with E-state index < -0.39 is 5.97 Å². The van der Waals surface area contributed by atoms with Crippen LogP contribution in [0.25, 0.3) is 0 Å². The molecule has 378 valence electrons. The number of aryl methyl sites for hydroxylation is 1. The lowest BCUT2D eigenvalue weighted by molar-refractivity contribution is -0.143. The van der Waals surface area contributed by atoms with Crippen LogP contribution in [0.4, 0.5) is 23.1 Å². The number of ether oxygens (including phenoxy) is 1. The van der Waals surface area contributed by atoms with Crippen molar-refractivity contribution >= 4 is 52.7 Å². The summed E-state index contributed by atoms with van der Waals surface area (Å²) in [5.74, 6) is 1.10. The normalized spacial score (nSPS) is 25.3.